The molecule has 0 aliphatic heterocycles. The van der Waals surface area contributed by atoms with Gasteiger partial charge in [0.1, 0.15) is 0 Å². The maximum atomic E-state index is 12.4. The molecule has 0 unspecified atom stereocenters. The van der Waals surface area contributed by atoms with Crippen LogP contribution in [0.25, 0.3) is 0 Å². The van der Waals surface area contributed by atoms with Gasteiger partial charge in [-0.25, -0.2) is 4.79 Å². The number of Topliss-reactive ketones (excluding diaryl/α,β-unsaturated/α-hetero) is 1. The average Bonchev–Trinajstić information content (AvgIpc) is 2.54. The van der Waals surface area contributed by atoms with Crippen LogP contribution in [0.5, 0.6) is 0 Å². The fourth-order valence-corrected chi connectivity index (χ4v) is 2.62. The first kappa shape index (κ1) is 18.7. The standard InChI is InChI=1S/C21H26N2O2/c1-14(2)16-8-6-10-18(12-16)21(4,5)23-20(25)22-19-11-7-9-17(13-19)15(3)24/h6-14H,1-5H3,(H2,22,23,25). The van der Waals surface area contributed by atoms with Gasteiger partial charge in [-0.15, -0.1) is 0 Å². The molecule has 2 N–H and O–H groups in total. The summed E-state index contributed by atoms with van der Waals surface area (Å²) in [5, 5.41) is 5.80. The van der Waals surface area contributed by atoms with Gasteiger partial charge in [-0.3, -0.25) is 4.79 Å². The van der Waals surface area contributed by atoms with Crippen molar-refractivity contribution in [3.8, 4) is 0 Å². The molecule has 2 aromatic rings. The van der Waals surface area contributed by atoms with E-state index in [0.717, 1.165) is 5.56 Å². The Balaban J connectivity index is 2.12. The number of benzene rings is 2. The first-order valence-electron chi connectivity index (χ1n) is 8.49. The van der Waals surface area contributed by atoms with E-state index in [4.69, 9.17) is 0 Å². The van der Waals surface area contributed by atoms with Gasteiger partial charge in [-0.1, -0.05) is 50.2 Å². The first-order chi connectivity index (χ1) is 11.7. The summed E-state index contributed by atoms with van der Waals surface area (Å²) in [5.74, 6) is 0.397. The number of anilines is 1. The average molecular weight is 338 g/mol. The van der Waals surface area contributed by atoms with Crippen LogP contribution in [0.3, 0.4) is 0 Å². The Labute approximate surface area is 149 Å². The van der Waals surface area contributed by atoms with Gasteiger partial charge in [-0.05, 0) is 49.9 Å². The highest BCUT2D eigenvalue weighted by Crippen LogP contribution is 2.24. The molecule has 4 heteroatoms. The number of hydrogen-bond donors (Lipinski definition) is 2. The molecule has 2 amide bonds. The maximum absolute atomic E-state index is 12.4. The molecule has 0 atom stereocenters. The number of urea groups is 1. The van der Waals surface area contributed by atoms with Gasteiger partial charge in [0.15, 0.2) is 5.78 Å². The number of carbonyl (C=O) groups excluding carboxylic acids is 2. The van der Waals surface area contributed by atoms with E-state index in [-0.39, 0.29) is 11.8 Å². The predicted molar refractivity (Wildman–Crippen MR) is 102 cm³/mol. The van der Waals surface area contributed by atoms with Crippen LogP contribution in [0.2, 0.25) is 0 Å². The Bertz CT molecular complexity index is 779. The molecule has 25 heavy (non-hydrogen) atoms. The summed E-state index contributed by atoms with van der Waals surface area (Å²) < 4.78 is 0. The smallest absolute Gasteiger partial charge is 0.319 e. The molecule has 0 spiro atoms. The van der Waals surface area contributed by atoms with Gasteiger partial charge in [0.25, 0.3) is 0 Å². The largest absolute Gasteiger partial charge is 0.329 e. The highest BCUT2D eigenvalue weighted by Gasteiger charge is 2.23. The summed E-state index contributed by atoms with van der Waals surface area (Å²) in [6, 6.07) is 14.9. The molecule has 2 rings (SSSR count). The van der Waals surface area contributed by atoms with Crippen molar-refractivity contribution in [3.63, 3.8) is 0 Å². The Morgan fingerprint density at radius 2 is 1.68 bits per heavy atom. The first-order valence-corrected chi connectivity index (χ1v) is 8.49. The monoisotopic (exact) mass is 338 g/mol. The van der Waals surface area contributed by atoms with Gasteiger partial charge in [0.2, 0.25) is 0 Å². The van der Waals surface area contributed by atoms with Gasteiger partial charge in [0.05, 0.1) is 5.54 Å². The van der Waals surface area contributed by atoms with E-state index >= 15 is 0 Å². The molecule has 0 aliphatic carbocycles. The van der Waals surface area contributed by atoms with Crippen molar-refractivity contribution >= 4 is 17.5 Å². The number of rotatable bonds is 5. The molecule has 4 nitrogen and oxygen atoms in total. The lowest BCUT2D eigenvalue weighted by Crippen LogP contribution is -2.43. The molecule has 0 aliphatic rings. The van der Waals surface area contributed by atoms with E-state index in [1.165, 1.54) is 12.5 Å². The third-order valence-corrected chi connectivity index (χ3v) is 4.23. The van der Waals surface area contributed by atoms with Gasteiger partial charge in [-0.2, -0.15) is 0 Å². The fourth-order valence-electron chi connectivity index (χ4n) is 2.62. The SMILES string of the molecule is CC(=O)c1cccc(NC(=O)NC(C)(C)c2cccc(C(C)C)c2)c1. The molecular weight excluding hydrogens is 312 g/mol. The third kappa shape index (κ3) is 4.92. The Kier molecular flexibility index (Phi) is 5.62. The van der Waals surface area contributed by atoms with E-state index in [2.05, 4.69) is 36.6 Å². The second kappa shape index (κ2) is 7.51. The zero-order valence-corrected chi connectivity index (χ0v) is 15.5. The number of amides is 2. The Morgan fingerprint density at radius 1 is 1.00 bits per heavy atom. The molecule has 132 valence electrons. The Hall–Kier alpha value is -2.62. The quantitative estimate of drug-likeness (QED) is 0.748. The van der Waals surface area contributed by atoms with Crippen LogP contribution in [0.1, 0.15) is 62.0 Å². The summed E-state index contributed by atoms with van der Waals surface area (Å²) in [5.41, 5.74) is 2.93. The molecule has 0 radical (unpaired) electrons. The number of nitrogens with one attached hydrogen (secondary N) is 2. The van der Waals surface area contributed by atoms with Crippen molar-refractivity contribution in [3.05, 3.63) is 65.2 Å². The van der Waals surface area contributed by atoms with E-state index in [1.54, 1.807) is 24.3 Å². The van der Waals surface area contributed by atoms with E-state index in [9.17, 15) is 9.59 Å². The number of carbonyl (C=O) groups is 2. The third-order valence-electron chi connectivity index (χ3n) is 4.23. The lowest BCUT2D eigenvalue weighted by Gasteiger charge is -2.28. The van der Waals surface area contributed by atoms with Crippen LogP contribution in [0, 0.1) is 0 Å². The molecule has 0 bridgehead atoms. The lowest BCUT2D eigenvalue weighted by molar-refractivity contribution is 0.101. The van der Waals surface area contributed by atoms with Crippen LogP contribution in [0.15, 0.2) is 48.5 Å². The summed E-state index contributed by atoms with van der Waals surface area (Å²) >= 11 is 0. The van der Waals surface area contributed by atoms with Crippen LogP contribution in [-0.2, 0) is 5.54 Å². The van der Waals surface area contributed by atoms with Crippen molar-refractivity contribution in [2.45, 2.75) is 46.1 Å². The molecule has 0 aromatic heterocycles. The highest BCUT2D eigenvalue weighted by atomic mass is 16.2. The highest BCUT2D eigenvalue weighted by molar-refractivity contribution is 5.96. The Morgan fingerprint density at radius 3 is 2.32 bits per heavy atom. The minimum atomic E-state index is -0.521. The van der Waals surface area contributed by atoms with Gasteiger partial charge < -0.3 is 10.6 Å². The minimum Gasteiger partial charge on any atom is -0.329 e. The summed E-state index contributed by atoms with van der Waals surface area (Å²) in [4.78, 5) is 23.8. The molecule has 0 fully saturated rings. The van der Waals surface area contributed by atoms with Crippen molar-refractivity contribution in [2.75, 3.05) is 5.32 Å². The van der Waals surface area contributed by atoms with Crippen LogP contribution >= 0.6 is 0 Å². The van der Waals surface area contributed by atoms with Crippen molar-refractivity contribution in [1.29, 1.82) is 0 Å². The predicted octanol–water partition coefficient (Wildman–Crippen LogP) is 5.07. The normalized spacial score (nSPS) is 11.3. The molecule has 2 aromatic carbocycles. The van der Waals surface area contributed by atoms with Crippen molar-refractivity contribution in [2.24, 2.45) is 0 Å². The molecule has 0 saturated carbocycles. The molecule has 0 saturated heterocycles. The fraction of sp³-hybridized carbons (Fsp3) is 0.333. The summed E-state index contributed by atoms with van der Waals surface area (Å²) in [6.07, 6.45) is 0. The van der Waals surface area contributed by atoms with Crippen molar-refractivity contribution in [1.82, 2.24) is 5.32 Å². The summed E-state index contributed by atoms with van der Waals surface area (Å²) in [7, 11) is 0. The molecule has 0 heterocycles. The maximum Gasteiger partial charge on any atom is 0.319 e. The van der Waals surface area contributed by atoms with Gasteiger partial charge >= 0.3 is 6.03 Å². The zero-order valence-electron chi connectivity index (χ0n) is 15.5. The van der Waals surface area contributed by atoms with E-state index in [1.807, 2.05) is 26.0 Å². The second-order valence-electron chi connectivity index (χ2n) is 7.12. The van der Waals surface area contributed by atoms with Crippen molar-refractivity contribution < 1.29 is 9.59 Å². The topological polar surface area (TPSA) is 58.2 Å². The van der Waals surface area contributed by atoms with Crippen LogP contribution in [-0.4, -0.2) is 11.8 Å². The summed E-state index contributed by atoms with van der Waals surface area (Å²) in [6.45, 7) is 9.74. The van der Waals surface area contributed by atoms with Gasteiger partial charge in [0, 0.05) is 11.3 Å². The lowest BCUT2D eigenvalue weighted by atomic mass is 9.90. The van der Waals surface area contributed by atoms with E-state index < -0.39 is 5.54 Å². The second-order valence-corrected chi connectivity index (χ2v) is 7.12. The van der Waals surface area contributed by atoms with E-state index in [0.29, 0.717) is 17.2 Å². The number of ketones is 1. The number of hydrogen-bond acceptors (Lipinski definition) is 2. The van der Waals surface area contributed by atoms with Crippen LogP contribution < -0.4 is 10.6 Å². The van der Waals surface area contributed by atoms with Crippen LogP contribution in [0.4, 0.5) is 10.5 Å². The minimum absolute atomic E-state index is 0.0325. The zero-order chi connectivity index (χ0) is 18.6. The molecular formula is C21H26N2O2.